The normalized spacial score (nSPS) is 17.2. The monoisotopic (exact) mass is 373 g/mol. The van der Waals surface area contributed by atoms with Crippen LogP contribution in [-0.2, 0) is 23.8 Å². The van der Waals surface area contributed by atoms with E-state index in [9.17, 15) is 9.59 Å². The molecule has 1 fully saturated rings. The van der Waals surface area contributed by atoms with Crippen molar-refractivity contribution in [1.82, 2.24) is 10.2 Å². The van der Waals surface area contributed by atoms with Crippen LogP contribution in [0.25, 0.3) is 0 Å². The maximum Gasteiger partial charge on any atom is 0.255 e. The summed E-state index contributed by atoms with van der Waals surface area (Å²) in [4.78, 5) is 26.6. The minimum absolute atomic E-state index is 0.108. The van der Waals surface area contributed by atoms with Gasteiger partial charge in [0.05, 0.1) is 32.5 Å². The number of carbonyl (C=O) groups excluding carboxylic acids is 2. The number of ether oxygens (including phenoxy) is 3. The number of nitrogens with zero attached hydrogens (tertiary/aromatic N) is 1. The Bertz CT molecular complexity index is 389. The first-order valence-electron chi connectivity index (χ1n) is 9.62. The zero-order valence-corrected chi connectivity index (χ0v) is 16.0. The van der Waals surface area contributed by atoms with Crippen LogP contribution < -0.4 is 11.1 Å². The molecule has 0 bridgehead atoms. The maximum absolute atomic E-state index is 12.7. The van der Waals surface area contributed by atoms with E-state index < -0.39 is 0 Å². The second-order valence-electron chi connectivity index (χ2n) is 6.39. The first-order valence-corrected chi connectivity index (χ1v) is 9.62. The molecule has 1 atom stereocenters. The molecular weight excluding hydrogens is 338 g/mol. The maximum atomic E-state index is 12.7. The summed E-state index contributed by atoms with van der Waals surface area (Å²) in [7, 11) is 1.61. The van der Waals surface area contributed by atoms with E-state index in [1.165, 1.54) is 4.90 Å². The van der Waals surface area contributed by atoms with Crippen molar-refractivity contribution in [2.24, 2.45) is 5.73 Å². The molecule has 0 radical (unpaired) electrons. The molecule has 2 amide bonds. The first kappa shape index (κ1) is 23.0. The molecule has 0 aromatic carbocycles. The molecular formula is C18H35N3O5. The van der Waals surface area contributed by atoms with Crippen molar-refractivity contribution in [1.29, 1.82) is 0 Å². The summed E-state index contributed by atoms with van der Waals surface area (Å²) in [5.74, 6) is -0.422. The lowest BCUT2D eigenvalue weighted by molar-refractivity contribution is -0.149. The molecule has 0 saturated carbocycles. The predicted molar refractivity (Wildman–Crippen MR) is 98.8 cm³/mol. The average Bonchev–Trinajstić information content (AvgIpc) is 2.67. The molecule has 1 rings (SSSR count). The van der Waals surface area contributed by atoms with Crippen molar-refractivity contribution >= 4 is 11.8 Å². The Morgan fingerprint density at radius 3 is 2.54 bits per heavy atom. The highest BCUT2D eigenvalue weighted by Crippen LogP contribution is 2.11. The highest BCUT2D eigenvalue weighted by Gasteiger charge is 2.29. The minimum Gasteiger partial charge on any atom is -0.382 e. The van der Waals surface area contributed by atoms with Gasteiger partial charge < -0.3 is 25.3 Å². The Kier molecular flexibility index (Phi) is 13.3. The largest absolute Gasteiger partial charge is 0.382 e. The number of nitrogens with one attached hydrogen (secondary N) is 1. The summed E-state index contributed by atoms with van der Waals surface area (Å²) in [6.07, 6.45) is 5.42. The number of amides is 2. The number of nitrogens with two attached hydrogens (primary N) is 1. The fourth-order valence-electron chi connectivity index (χ4n) is 2.80. The minimum atomic E-state index is -0.285. The molecule has 1 heterocycles. The second-order valence-corrected chi connectivity index (χ2v) is 6.39. The molecule has 1 aliphatic heterocycles. The van der Waals surface area contributed by atoms with Gasteiger partial charge in [-0.3, -0.25) is 14.5 Å². The summed E-state index contributed by atoms with van der Waals surface area (Å²) in [6, 6.07) is -0.264. The molecule has 0 spiro atoms. The fourth-order valence-corrected chi connectivity index (χ4v) is 2.80. The highest BCUT2D eigenvalue weighted by atomic mass is 16.5. The third-order valence-electron chi connectivity index (χ3n) is 4.29. The SMILES string of the molecule is COCCOCCOCC(=O)N(CCCCCN)C(=O)C1CCCCN1. The third kappa shape index (κ3) is 9.59. The van der Waals surface area contributed by atoms with Gasteiger partial charge in [-0.25, -0.2) is 0 Å². The molecule has 1 unspecified atom stereocenters. The van der Waals surface area contributed by atoms with E-state index in [1.807, 2.05) is 0 Å². The van der Waals surface area contributed by atoms with E-state index in [0.29, 0.717) is 39.5 Å². The lowest BCUT2D eigenvalue weighted by Gasteiger charge is -2.29. The number of hydrogen-bond donors (Lipinski definition) is 2. The Morgan fingerprint density at radius 2 is 1.85 bits per heavy atom. The quantitative estimate of drug-likeness (QED) is 0.422. The van der Waals surface area contributed by atoms with Crippen molar-refractivity contribution in [3.8, 4) is 0 Å². The molecule has 26 heavy (non-hydrogen) atoms. The van der Waals surface area contributed by atoms with Crippen LogP contribution in [0.4, 0.5) is 0 Å². The summed E-state index contributed by atoms with van der Waals surface area (Å²) < 4.78 is 15.5. The van der Waals surface area contributed by atoms with Crippen LogP contribution in [0.5, 0.6) is 0 Å². The predicted octanol–water partition coefficient (Wildman–Crippen LogP) is 0.292. The van der Waals surface area contributed by atoms with Gasteiger partial charge in [0.25, 0.3) is 5.91 Å². The number of rotatable bonds is 14. The third-order valence-corrected chi connectivity index (χ3v) is 4.29. The molecule has 1 aliphatic rings. The zero-order chi connectivity index (χ0) is 19.0. The van der Waals surface area contributed by atoms with E-state index in [0.717, 1.165) is 45.1 Å². The van der Waals surface area contributed by atoms with Crippen LogP contribution in [0.15, 0.2) is 0 Å². The lowest BCUT2D eigenvalue weighted by atomic mass is 10.0. The molecule has 0 aliphatic carbocycles. The van der Waals surface area contributed by atoms with Crippen LogP contribution in [0.1, 0.15) is 38.5 Å². The van der Waals surface area contributed by atoms with Crippen molar-refractivity contribution < 1.29 is 23.8 Å². The molecule has 1 saturated heterocycles. The zero-order valence-electron chi connectivity index (χ0n) is 16.0. The number of carbonyl (C=O) groups is 2. The first-order chi connectivity index (χ1) is 12.7. The van der Waals surface area contributed by atoms with E-state index >= 15 is 0 Å². The number of imide groups is 1. The molecule has 0 aromatic heterocycles. The van der Waals surface area contributed by atoms with Gasteiger partial charge in [0, 0.05) is 13.7 Å². The van der Waals surface area contributed by atoms with Crippen LogP contribution in [-0.4, -0.2) is 82.5 Å². The van der Waals surface area contributed by atoms with Crippen LogP contribution in [0.3, 0.4) is 0 Å². The molecule has 0 aromatic rings. The van der Waals surface area contributed by atoms with Crippen molar-refractivity contribution in [2.45, 2.75) is 44.6 Å². The van der Waals surface area contributed by atoms with Gasteiger partial charge in [0.2, 0.25) is 5.91 Å². The van der Waals surface area contributed by atoms with E-state index in [1.54, 1.807) is 7.11 Å². The van der Waals surface area contributed by atoms with Gasteiger partial charge in [-0.05, 0) is 38.8 Å². The number of hydrogen-bond acceptors (Lipinski definition) is 7. The average molecular weight is 373 g/mol. The second kappa shape index (κ2) is 15.0. The van der Waals surface area contributed by atoms with Crippen molar-refractivity contribution in [3.63, 3.8) is 0 Å². The Morgan fingerprint density at radius 1 is 1.08 bits per heavy atom. The van der Waals surface area contributed by atoms with Gasteiger partial charge >= 0.3 is 0 Å². The Labute approximate surface area is 156 Å². The number of piperidine rings is 1. The van der Waals surface area contributed by atoms with E-state index in [-0.39, 0.29) is 24.5 Å². The fraction of sp³-hybridized carbons (Fsp3) is 0.889. The van der Waals surface area contributed by atoms with Crippen LogP contribution in [0.2, 0.25) is 0 Å². The van der Waals surface area contributed by atoms with Crippen LogP contribution in [0, 0.1) is 0 Å². The summed E-state index contributed by atoms with van der Waals surface area (Å²) in [5, 5.41) is 3.22. The summed E-state index contributed by atoms with van der Waals surface area (Å²) in [5.41, 5.74) is 5.51. The van der Waals surface area contributed by atoms with Crippen LogP contribution >= 0.6 is 0 Å². The summed E-state index contributed by atoms with van der Waals surface area (Å²) >= 11 is 0. The van der Waals surface area contributed by atoms with Crippen molar-refractivity contribution in [2.75, 3.05) is 59.8 Å². The molecule has 3 N–H and O–H groups in total. The Balaban J connectivity index is 2.40. The van der Waals surface area contributed by atoms with Gasteiger partial charge in [0.15, 0.2) is 0 Å². The highest BCUT2D eigenvalue weighted by molar-refractivity contribution is 5.98. The molecule has 152 valence electrons. The van der Waals surface area contributed by atoms with Gasteiger partial charge in [-0.1, -0.05) is 12.8 Å². The standard InChI is InChI=1S/C18H35N3O5/c1-24-11-12-25-13-14-26-15-17(22)21(10-6-2-4-8-19)18(23)16-7-3-5-9-20-16/h16,20H,2-15,19H2,1H3. The lowest BCUT2D eigenvalue weighted by Crippen LogP contribution is -2.51. The molecule has 8 heteroatoms. The Hall–Kier alpha value is -1.06. The van der Waals surface area contributed by atoms with Gasteiger partial charge in [-0.2, -0.15) is 0 Å². The van der Waals surface area contributed by atoms with E-state index in [4.69, 9.17) is 19.9 Å². The smallest absolute Gasteiger partial charge is 0.255 e. The van der Waals surface area contributed by atoms with E-state index in [2.05, 4.69) is 5.32 Å². The van der Waals surface area contributed by atoms with Gasteiger partial charge in [-0.15, -0.1) is 0 Å². The topological polar surface area (TPSA) is 103 Å². The summed E-state index contributed by atoms with van der Waals surface area (Å²) in [6.45, 7) is 3.48. The number of unbranched alkanes of at least 4 members (excludes halogenated alkanes) is 2. The number of methoxy groups -OCH3 is 1. The van der Waals surface area contributed by atoms with Crippen molar-refractivity contribution in [3.05, 3.63) is 0 Å². The molecule has 8 nitrogen and oxygen atoms in total. The van der Waals surface area contributed by atoms with Gasteiger partial charge in [0.1, 0.15) is 6.61 Å².